The van der Waals surface area contributed by atoms with Crippen LogP contribution in [0.25, 0.3) is 16.8 Å². The highest BCUT2D eigenvalue weighted by Crippen LogP contribution is 2.55. The summed E-state index contributed by atoms with van der Waals surface area (Å²) < 4.78 is 24.2. The molecule has 0 bridgehead atoms. The van der Waals surface area contributed by atoms with Crippen LogP contribution in [0.1, 0.15) is 57.8 Å². The summed E-state index contributed by atoms with van der Waals surface area (Å²) >= 11 is 0. The monoisotopic (exact) mass is 675 g/mol. The summed E-state index contributed by atoms with van der Waals surface area (Å²) in [6, 6.07) is 13.8. The van der Waals surface area contributed by atoms with E-state index in [0.717, 1.165) is 25.7 Å². The number of methoxy groups -OCH3 is 1. The van der Waals surface area contributed by atoms with Gasteiger partial charge in [0.25, 0.3) is 11.8 Å². The average Bonchev–Trinajstić information content (AvgIpc) is 4.04. The Bertz CT molecular complexity index is 2210. The van der Waals surface area contributed by atoms with E-state index in [4.69, 9.17) is 4.74 Å². The van der Waals surface area contributed by atoms with E-state index in [-0.39, 0.29) is 36.1 Å². The van der Waals surface area contributed by atoms with Gasteiger partial charge >= 0.3 is 0 Å². The molecule has 254 valence electrons. The predicted molar refractivity (Wildman–Crippen MR) is 182 cm³/mol. The lowest BCUT2D eigenvalue weighted by Gasteiger charge is -2.35. The van der Waals surface area contributed by atoms with E-state index < -0.39 is 11.2 Å². The van der Waals surface area contributed by atoms with E-state index in [1.807, 2.05) is 0 Å². The number of amides is 3. The molecule has 5 aromatic rings. The molecule has 2 saturated carbocycles. The van der Waals surface area contributed by atoms with Crippen LogP contribution in [0.2, 0.25) is 0 Å². The summed E-state index contributed by atoms with van der Waals surface area (Å²) in [4.78, 5) is 55.3. The summed E-state index contributed by atoms with van der Waals surface area (Å²) in [7, 11) is 4.83. The quantitative estimate of drug-likeness (QED) is 0.225. The van der Waals surface area contributed by atoms with Gasteiger partial charge in [-0.1, -0.05) is 24.3 Å². The van der Waals surface area contributed by atoms with Crippen molar-refractivity contribution in [3.8, 4) is 16.9 Å². The van der Waals surface area contributed by atoms with Crippen molar-refractivity contribution in [2.45, 2.75) is 37.6 Å². The van der Waals surface area contributed by atoms with Crippen molar-refractivity contribution >= 4 is 40.8 Å². The summed E-state index contributed by atoms with van der Waals surface area (Å²) in [5.41, 5.74) is 2.84. The number of rotatable bonds is 9. The number of aromatic nitrogens is 5. The van der Waals surface area contributed by atoms with Crippen LogP contribution in [0.4, 0.5) is 21.8 Å². The van der Waals surface area contributed by atoms with Gasteiger partial charge in [-0.05, 0) is 49.9 Å². The van der Waals surface area contributed by atoms with Gasteiger partial charge in [0.1, 0.15) is 17.3 Å². The van der Waals surface area contributed by atoms with E-state index >= 15 is 4.39 Å². The Hall–Kier alpha value is -5.92. The molecule has 0 saturated heterocycles. The molecular formula is C36H34FN9O4. The van der Waals surface area contributed by atoms with Crippen LogP contribution in [-0.4, -0.2) is 79.8 Å². The normalized spacial score (nSPS) is 15.9. The smallest absolute Gasteiger partial charge is 0.271 e. The van der Waals surface area contributed by atoms with Crippen LogP contribution in [0.3, 0.4) is 0 Å². The zero-order chi connectivity index (χ0) is 34.7. The lowest BCUT2D eigenvalue weighted by molar-refractivity contribution is -0.117. The third kappa shape index (κ3) is 5.46. The molecule has 0 unspecified atom stereocenters. The van der Waals surface area contributed by atoms with Crippen LogP contribution in [0.5, 0.6) is 5.75 Å². The topological polar surface area (TPSA) is 147 Å². The first-order valence-electron chi connectivity index (χ1n) is 16.4. The molecule has 2 N–H and O–H groups in total. The van der Waals surface area contributed by atoms with E-state index in [1.54, 1.807) is 79.9 Å². The van der Waals surface area contributed by atoms with Gasteiger partial charge in [-0.3, -0.25) is 19.7 Å². The fourth-order valence-electron chi connectivity index (χ4n) is 6.68. The minimum absolute atomic E-state index is 0.0287. The number of pyridine rings is 1. The molecule has 1 spiro atoms. The fourth-order valence-corrected chi connectivity index (χ4v) is 6.68. The number of nitrogens with one attached hydrogen (secondary N) is 2. The number of anilines is 3. The van der Waals surface area contributed by atoms with Gasteiger partial charge in [-0.25, -0.2) is 18.9 Å². The lowest BCUT2D eigenvalue weighted by atomic mass is 9.83. The molecule has 8 rings (SSSR count). The summed E-state index contributed by atoms with van der Waals surface area (Å²) in [6.45, 7) is 0.553. The third-order valence-electron chi connectivity index (χ3n) is 9.52. The van der Waals surface area contributed by atoms with Gasteiger partial charge in [0.2, 0.25) is 11.9 Å². The van der Waals surface area contributed by atoms with E-state index in [0.29, 0.717) is 63.1 Å². The summed E-state index contributed by atoms with van der Waals surface area (Å²) in [5, 5.41) is 10.4. The molecule has 14 heteroatoms. The molecule has 1 aliphatic heterocycles. The van der Waals surface area contributed by atoms with Crippen molar-refractivity contribution < 1.29 is 23.5 Å². The average molecular weight is 676 g/mol. The molecular weight excluding hydrogens is 641 g/mol. The molecule has 2 fully saturated rings. The van der Waals surface area contributed by atoms with Gasteiger partial charge in [-0.15, -0.1) is 5.10 Å². The molecule has 0 atom stereocenters. The van der Waals surface area contributed by atoms with Crippen molar-refractivity contribution in [3.05, 3.63) is 89.3 Å². The number of carbonyl (C=O) groups is 3. The van der Waals surface area contributed by atoms with Crippen molar-refractivity contribution in [3.63, 3.8) is 0 Å². The van der Waals surface area contributed by atoms with E-state index in [9.17, 15) is 14.4 Å². The Balaban J connectivity index is 1.11. The number of halogens is 1. The fraction of sp³-hybridized carbons (Fsp3) is 0.306. The van der Waals surface area contributed by atoms with Crippen molar-refractivity contribution in [2.24, 2.45) is 5.92 Å². The lowest BCUT2D eigenvalue weighted by Crippen LogP contribution is -2.43. The van der Waals surface area contributed by atoms with Gasteiger partial charge in [0.05, 0.1) is 25.0 Å². The maximum atomic E-state index is 16.8. The number of fused-ring (bicyclic) bond motifs is 3. The number of para-hydroxylation sites is 1. The SMILES string of the molecule is COc1c(Nc2nc(NC(=O)C3CC3)nn3ccnc23)cccc1-c1ccc2c(c1F)C1(CC1)CN(Cc1cccc(C(=O)N(C)C)n1)C2=O. The molecule has 3 aliphatic rings. The highest BCUT2D eigenvalue weighted by molar-refractivity contribution is 5.99. The van der Waals surface area contributed by atoms with E-state index in [2.05, 4.69) is 30.7 Å². The Morgan fingerprint density at radius 1 is 1.04 bits per heavy atom. The Labute approximate surface area is 286 Å². The first kappa shape index (κ1) is 31.4. The predicted octanol–water partition coefficient (Wildman–Crippen LogP) is 4.82. The zero-order valence-electron chi connectivity index (χ0n) is 27.7. The molecule has 4 heterocycles. The third-order valence-corrected chi connectivity index (χ3v) is 9.52. The molecule has 2 aromatic carbocycles. The van der Waals surface area contributed by atoms with Crippen molar-refractivity contribution in [1.82, 2.24) is 34.4 Å². The second-order valence-corrected chi connectivity index (χ2v) is 13.3. The minimum atomic E-state index is -0.516. The van der Waals surface area contributed by atoms with Crippen LogP contribution < -0.4 is 15.4 Å². The molecule has 3 amide bonds. The highest BCUT2D eigenvalue weighted by atomic mass is 19.1. The maximum absolute atomic E-state index is 16.8. The second-order valence-electron chi connectivity index (χ2n) is 13.3. The molecule has 13 nitrogen and oxygen atoms in total. The van der Waals surface area contributed by atoms with Crippen molar-refractivity contribution in [2.75, 3.05) is 38.4 Å². The van der Waals surface area contributed by atoms with Crippen LogP contribution in [0, 0.1) is 11.7 Å². The maximum Gasteiger partial charge on any atom is 0.271 e. The number of hydrogen-bond donors (Lipinski definition) is 2. The number of hydrogen-bond acceptors (Lipinski definition) is 9. The Kier molecular flexibility index (Phi) is 7.46. The van der Waals surface area contributed by atoms with Gasteiger partial charge < -0.3 is 19.9 Å². The Morgan fingerprint density at radius 2 is 1.82 bits per heavy atom. The first-order chi connectivity index (χ1) is 24.2. The molecule has 0 radical (unpaired) electrons. The van der Waals surface area contributed by atoms with Gasteiger partial charge in [0.15, 0.2) is 11.5 Å². The molecule has 2 aliphatic carbocycles. The minimum Gasteiger partial charge on any atom is -0.494 e. The van der Waals surface area contributed by atoms with Crippen molar-refractivity contribution in [1.29, 1.82) is 0 Å². The second kappa shape index (κ2) is 11.9. The van der Waals surface area contributed by atoms with Crippen LogP contribution >= 0.6 is 0 Å². The van der Waals surface area contributed by atoms with Gasteiger partial charge in [0, 0.05) is 66.6 Å². The Morgan fingerprint density at radius 3 is 2.56 bits per heavy atom. The first-order valence-corrected chi connectivity index (χ1v) is 16.4. The van der Waals surface area contributed by atoms with E-state index in [1.165, 1.54) is 16.5 Å². The highest BCUT2D eigenvalue weighted by Gasteiger charge is 2.53. The number of nitrogens with zero attached hydrogens (tertiary/aromatic N) is 7. The van der Waals surface area contributed by atoms with Gasteiger partial charge in [-0.2, -0.15) is 4.98 Å². The number of carbonyl (C=O) groups excluding carboxylic acids is 3. The van der Waals surface area contributed by atoms with Crippen LogP contribution in [0.15, 0.2) is 60.9 Å². The number of imidazole rings is 1. The standard InChI is InChI=1S/C36H34FN9O4/c1-44(2)34(49)26-9-4-6-21(39-26)18-45-19-36(14-15-36)27-24(33(45)48)13-12-22(28(27)37)23-7-5-8-25(29(23)50-3)40-30-31-38-16-17-46(31)43-35(41-30)42-32(47)20-10-11-20/h4-9,12-13,16-17,20H,10-11,14-15,18-19H2,1-3H3,(H2,40,41,42,43,47). The number of ether oxygens (including phenoxy) is 1. The summed E-state index contributed by atoms with van der Waals surface area (Å²) in [5.74, 6) is -0.300. The molecule has 3 aromatic heterocycles. The number of benzene rings is 2. The molecule has 50 heavy (non-hydrogen) atoms. The zero-order valence-corrected chi connectivity index (χ0v) is 27.7. The summed E-state index contributed by atoms with van der Waals surface area (Å²) in [6.07, 6.45) is 6.39. The largest absolute Gasteiger partial charge is 0.494 e. The van der Waals surface area contributed by atoms with Crippen LogP contribution in [-0.2, 0) is 16.8 Å².